The first-order valence-corrected chi connectivity index (χ1v) is 12.6. The number of nitrogens with zero attached hydrogens (tertiary/aromatic N) is 3. The third kappa shape index (κ3) is 4.55. The number of halogens is 1. The van der Waals surface area contributed by atoms with Crippen molar-refractivity contribution in [2.24, 2.45) is 0 Å². The maximum Gasteiger partial charge on any atom is 0.410 e. The van der Waals surface area contributed by atoms with Gasteiger partial charge in [0.25, 0.3) is 0 Å². The molecule has 1 N–H and O–H groups in total. The van der Waals surface area contributed by atoms with E-state index in [1.54, 1.807) is 4.90 Å². The normalized spacial score (nSPS) is 28.1. The summed E-state index contributed by atoms with van der Waals surface area (Å²) in [4.78, 5) is 16.8. The number of benzene rings is 1. The van der Waals surface area contributed by atoms with E-state index in [1.165, 1.54) is 11.1 Å². The number of carbonyl (C=O) groups excluding carboxylic acids is 1. The molecule has 0 radical (unpaired) electrons. The van der Waals surface area contributed by atoms with Gasteiger partial charge in [-0.1, -0.05) is 22.0 Å². The molecule has 3 atom stereocenters. The lowest BCUT2D eigenvalue weighted by Crippen LogP contribution is -2.67. The largest absolute Gasteiger partial charge is 0.444 e. The van der Waals surface area contributed by atoms with Gasteiger partial charge in [0, 0.05) is 48.7 Å². The molecule has 1 aromatic carbocycles. The van der Waals surface area contributed by atoms with Crippen LogP contribution in [0.5, 0.6) is 0 Å². The Labute approximate surface area is 200 Å². The molecular weight excluding hydrogens is 468 g/mol. The number of ether oxygens (including phenoxy) is 1. The Hall–Kier alpha value is -1.62. The summed E-state index contributed by atoms with van der Waals surface area (Å²) in [6.07, 6.45) is 3.25. The number of likely N-dealkylation sites (tertiary alicyclic amines) is 1. The number of nitrogens with one attached hydrogen (secondary N) is 1. The first-order valence-electron chi connectivity index (χ1n) is 11.8. The van der Waals surface area contributed by atoms with E-state index in [0.29, 0.717) is 37.9 Å². The van der Waals surface area contributed by atoms with Gasteiger partial charge in [0.05, 0.1) is 6.07 Å². The molecule has 7 heteroatoms. The number of fused-ring (bicyclic) bond motifs is 1. The predicted molar refractivity (Wildman–Crippen MR) is 129 cm³/mol. The molecule has 0 aromatic heterocycles. The van der Waals surface area contributed by atoms with Crippen molar-refractivity contribution in [2.45, 2.75) is 82.5 Å². The maximum absolute atomic E-state index is 12.6. The van der Waals surface area contributed by atoms with Gasteiger partial charge in [-0.3, -0.25) is 4.90 Å². The number of amides is 1. The van der Waals surface area contributed by atoms with E-state index < -0.39 is 11.1 Å². The van der Waals surface area contributed by atoms with Crippen molar-refractivity contribution >= 4 is 22.0 Å². The van der Waals surface area contributed by atoms with Crippen molar-refractivity contribution in [3.05, 3.63) is 33.8 Å². The van der Waals surface area contributed by atoms with E-state index >= 15 is 0 Å². The Kier molecular flexibility index (Phi) is 6.59. The first-order chi connectivity index (χ1) is 15.1. The lowest BCUT2D eigenvalue weighted by atomic mass is 9.79. The molecule has 3 aliphatic rings. The Bertz CT molecular complexity index is 898. The molecule has 0 bridgehead atoms. The number of piperazine rings is 1. The van der Waals surface area contributed by atoms with Gasteiger partial charge in [-0.25, -0.2) is 4.79 Å². The zero-order valence-electron chi connectivity index (χ0n) is 19.7. The molecule has 1 aromatic rings. The van der Waals surface area contributed by atoms with Gasteiger partial charge in [0.2, 0.25) is 0 Å². The minimum Gasteiger partial charge on any atom is -0.444 e. The molecule has 2 aliphatic heterocycles. The number of hydrogen-bond donors (Lipinski definition) is 1. The monoisotopic (exact) mass is 502 g/mol. The van der Waals surface area contributed by atoms with Gasteiger partial charge < -0.3 is 15.0 Å². The van der Waals surface area contributed by atoms with E-state index in [2.05, 4.69) is 57.3 Å². The fourth-order valence-corrected chi connectivity index (χ4v) is 6.25. The van der Waals surface area contributed by atoms with Gasteiger partial charge in [-0.2, -0.15) is 5.26 Å². The van der Waals surface area contributed by atoms with Gasteiger partial charge in [0.15, 0.2) is 0 Å². The van der Waals surface area contributed by atoms with Crippen LogP contribution in [-0.4, -0.2) is 65.3 Å². The van der Waals surface area contributed by atoms with Crippen molar-refractivity contribution in [3.63, 3.8) is 0 Å². The van der Waals surface area contributed by atoms with E-state index in [0.717, 1.165) is 30.4 Å². The lowest BCUT2D eigenvalue weighted by Gasteiger charge is -2.53. The summed E-state index contributed by atoms with van der Waals surface area (Å²) >= 11 is 3.61. The average Bonchev–Trinajstić information content (AvgIpc) is 3.15. The van der Waals surface area contributed by atoms with Crippen molar-refractivity contribution in [2.75, 3.05) is 26.2 Å². The molecule has 174 valence electrons. The zero-order valence-corrected chi connectivity index (χ0v) is 21.2. The van der Waals surface area contributed by atoms with Crippen LogP contribution in [0.4, 0.5) is 4.79 Å². The van der Waals surface area contributed by atoms with Crippen LogP contribution >= 0.6 is 15.9 Å². The van der Waals surface area contributed by atoms with Crippen LogP contribution in [0.25, 0.3) is 0 Å². The Balaban J connectivity index is 1.56. The Morgan fingerprint density at radius 1 is 1.28 bits per heavy atom. The molecule has 0 spiro atoms. The Morgan fingerprint density at radius 2 is 2.00 bits per heavy atom. The highest BCUT2D eigenvalue weighted by Gasteiger charge is 2.49. The molecule has 4 rings (SSSR count). The molecule has 0 saturated carbocycles. The first kappa shape index (κ1) is 23.5. The number of rotatable bonds is 2. The zero-order chi connectivity index (χ0) is 23.1. The number of carbonyl (C=O) groups is 1. The third-order valence-corrected chi connectivity index (χ3v) is 7.83. The summed E-state index contributed by atoms with van der Waals surface area (Å²) < 4.78 is 6.70. The molecule has 6 nitrogen and oxygen atoms in total. The molecule has 2 heterocycles. The average molecular weight is 503 g/mol. The van der Waals surface area contributed by atoms with Crippen LogP contribution in [0.15, 0.2) is 22.7 Å². The summed E-state index contributed by atoms with van der Waals surface area (Å²) in [5.41, 5.74) is 1.80. The molecule has 1 aliphatic carbocycles. The SMILES string of the molecule is C[C@@H]1NCCN(C2(C#N)CCN(C(=O)OC(C)(C)C)CC2)C1C1CCc2cc(Br)ccc21. The maximum atomic E-state index is 12.6. The van der Waals surface area contributed by atoms with E-state index in [1.807, 2.05) is 20.8 Å². The highest BCUT2D eigenvalue weighted by molar-refractivity contribution is 9.10. The van der Waals surface area contributed by atoms with Gasteiger partial charge in [-0.05, 0) is 76.6 Å². The van der Waals surface area contributed by atoms with Crippen molar-refractivity contribution in [3.8, 4) is 6.07 Å². The van der Waals surface area contributed by atoms with Gasteiger partial charge >= 0.3 is 6.09 Å². The van der Waals surface area contributed by atoms with Crippen LogP contribution in [0.1, 0.15) is 64.0 Å². The predicted octanol–water partition coefficient (Wildman–Crippen LogP) is 4.43. The quantitative estimate of drug-likeness (QED) is 0.647. The molecule has 32 heavy (non-hydrogen) atoms. The number of nitriles is 1. The molecule has 1 amide bonds. The van der Waals surface area contributed by atoms with Crippen LogP contribution in [-0.2, 0) is 11.2 Å². The second-order valence-corrected chi connectivity index (χ2v) is 11.4. The van der Waals surface area contributed by atoms with Crippen molar-refractivity contribution in [1.29, 1.82) is 5.26 Å². The minimum atomic E-state index is -0.544. The van der Waals surface area contributed by atoms with Gasteiger partial charge in [-0.15, -0.1) is 0 Å². The van der Waals surface area contributed by atoms with E-state index in [9.17, 15) is 10.1 Å². The van der Waals surface area contributed by atoms with Crippen LogP contribution in [0.2, 0.25) is 0 Å². The summed E-state index contributed by atoms with van der Waals surface area (Å²) in [5.74, 6) is 0.412. The lowest BCUT2D eigenvalue weighted by molar-refractivity contribution is -0.0210. The highest BCUT2D eigenvalue weighted by atomic mass is 79.9. The molecular formula is C25H35BrN4O2. The fraction of sp³-hybridized carbons (Fsp3) is 0.680. The Morgan fingerprint density at radius 3 is 2.66 bits per heavy atom. The number of piperidine rings is 1. The minimum absolute atomic E-state index is 0.263. The topological polar surface area (TPSA) is 68.6 Å². The smallest absolute Gasteiger partial charge is 0.410 e. The fourth-order valence-electron chi connectivity index (χ4n) is 5.84. The standard InChI is InChI=1S/C25H35BrN4O2/c1-17-22(21-7-5-18-15-19(26)6-8-20(18)21)30(14-11-28-17)25(16-27)9-12-29(13-10-25)23(31)32-24(2,3)4/h6,8,15,17,21-22,28H,5,7,9-14H2,1-4H3/t17-,21?,22?/m0/s1. The van der Waals surface area contributed by atoms with E-state index in [4.69, 9.17) is 4.74 Å². The van der Waals surface area contributed by atoms with Crippen LogP contribution in [0.3, 0.4) is 0 Å². The van der Waals surface area contributed by atoms with E-state index in [-0.39, 0.29) is 12.1 Å². The number of hydrogen-bond acceptors (Lipinski definition) is 5. The van der Waals surface area contributed by atoms with Crippen LogP contribution in [0, 0.1) is 11.3 Å². The summed E-state index contributed by atoms with van der Waals surface area (Å²) in [5, 5.41) is 14.1. The highest BCUT2D eigenvalue weighted by Crippen LogP contribution is 2.43. The second-order valence-electron chi connectivity index (χ2n) is 10.5. The molecule has 2 unspecified atom stereocenters. The molecule has 2 saturated heterocycles. The summed E-state index contributed by atoms with van der Waals surface area (Å²) in [7, 11) is 0. The number of aryl methyl sites for hydroxylation is 1. The second kappa shape index (κ2) is 8.96. The third-order valence-electron chi connectivity index (χ3n) is 7.33. The summed E-state index contributed by atoms with van der Waals surface area (Å²) in [6, 6.07) is 9.94. The van der Waals surface area contributed by atoms with Crippen LogP contribution < -0.4 is 5.32 Å². The van der Waals surface area contributed by atoms with Gasteiger partial charge in [0.1, 0.15) is 11.1 Å². The van der Waals surface area contributed by atoms with Crippen molar-refractivity contribution in [1.82, 2.24) is 15.1 Å². The summed E-state index contributed by atoms with van der Waals surface area (Å²) in [6.45, 7) is 10.8. The molecule has 2 fully saturated rings. The van der Waals surface area contributed by atoms with Crippen molar-refractivity contribution < 1.29 is 9.53 Å².